The van der Waals surface area contributed by atoms with Crippen molar-refractivity contribution in [3.8, 4) is 0 Å². The molecule has 0 fully saturated rings. The van der Waals surface area contributed by atoms with Crippen molar-refractivity contribution in [1.82, 2.24) is 0 Å². The van der Waals surface area contributed by atoms with Crippen LogP contribution in [0.25, 0.3) is 6.08 Å². The Kier molecular flexibility index (Phi) is 3.75. The molecule has 0 saturated carbocycles. The van der Waals surface area contributed by atoms with Crippen LogP contribution in [0.4, 0.5) is 5.69 Å². The minimum Gasteiger partial charge on any atom is -0.398 e. The molecule has 0 radical (unpaired) electrons. The van der Waals surface area contributed by atoms with E-state index in [0.717, 1.165) is 12.1 Å². The molecule has 1 heteroatoms. The van der Waals surface area contributed by atoms with Gasteiger partial charge in [-0.1, -0.05) is 45.1 Å². The van der Waals surface area contributed by atoms with E-state index >= 15 is 0 Å². The van der Waals surface area contributed by atoms with Crippen molar-refractivity contribution in [2.24, 2.45) is 0 Å². The first-order valence-corrected chi connectivity index (χ1v) is 5.34. The number of benzene rings is 1. The minimum absolute atomic E-state index is 0.619. The second-order valence-corrected chi connectivity index (χ2v) is 3.39. The maximum Gasteiger partial charge on any atom is 0.0390 e. The molecule has 1 aromatic carbocycles. The summed E-state index contributed by atoms with van der Waals surface area (Å²) in [6.07, 6.45) is 5.46. The van der Waals surface area contributed by atoms with Crippen LogP contribution in [0.15, 0.2) is 24.3 Å². The standard InChI is InChI=1S/C11H13N.C2H6/c1-8-4-2-6-10-9(8)5-3-7-11(10)12;1-2/h2-3,5-8H,4,12H2,1H3;1-2H3. The van der Waals surface area contributed by atoms with Gasteiger partial charge in [-0.3, -0.25) is 0 Å². The van der Waals surface area contributed by atoms with Crippen molar-refractivity contribution in [2.75, 3.05) is 5.73 Å². The average Bonchev–Trinajstić information content (AvgIpc) is 2.23. The second kappa shape index (κ2) is 4.85. The number of fused-ring (bicyclic) bond motifs is 1. The van der Waals surface area contributed by atoms with Gasteiger partial charge in [-0.05, 0) is 24.0 Å². The van der Waals surface area contributed by atoms with Crippen molar-refractivity contribution < 1.29 is 0 Å². The molecular weight excluding hydrogens is 170 g/mol. The molecule has 0 aromatic heterocycles. The highest BCUT2D eigenvalue weighted by molar-refractivity contribution is 5.69. The molecule has 1 aromatic rings. The second-order valence-electron chi connectivity index (χ2n) is 3.39. The van der Waals surface area contributed by atoms with Gasteiger partial charge in [0.05, 0.1) is 0 Å². The van der Waals surface area contributed by atoms with Crippen molar-refractivity contribution in [3.63, 3.8) is 0 Å². The van der Waals surface area contributed by atoms with Crippen LogP contribution in [-0.2, 0) is 0 Å². The molecule has 0 amide bonds. The summed E-state index contributed by atoms with van der Waals surface area (Å²) in [7, 11) is 0. The summed E-state index contributed by atoms with van der Waals surface area (Å²) in [6, 6.07) is 6.16. The molecule has 0 spiro atoms. The number of allylic oxidation sites excluding steroid dienone is 1. The van der Waals surface area contributed by atoms with Crippen LogP contribution in [0.3, 0.4) is 0 Å². The van der Waals surface area contributed by atoms with Crippen molar-refractivity contribution >= 4 is 11.8 Å². The molecule has 0 heterocycles. The SMILES string of the molecule is CC.CC1CC=Cc2c(N)cccc21. The normalized spacial score (nSPS) is 18.1. The molecular formula is C13H19N. The molecule has 76 valence electrons. The fraction of sp³-hybridized carbons (Fsp3) is 0.385. The molecule has 1 unspecified atom stereocenters. The summed E-state index contributed by atoms with van der Waals surface area (Å²) < 4.78 is 0. The van der Waals surface area contributed by atoms with Crippen LogP contribution in [0, 0.1) is 0 Å². The Labute approximate surface area is 86.6 Å². The smallest absolute Gasteiger partial charge is 0.0390 e. The summed E-state index contributed by atoms with van der Waals surface area (Å²) in [5.41, 5.74) is 9.36. The fourth-order valence-corrected chi connectivity index (χ4v) is 1.74. The maximum atomic E-state index is 5.85. The summed E-state index contributed by atoms with van der Waals surface area (Å²) >= 11 is 0. The van der Waals surface area contributed by atoms with E-state index in [1.807, 2.05) is 26.0 Å². The molecule has 2 N–H and O–H groups in total. The molecule has 0 bridgehead atoms. The Balaban J connectivity index is 0.000000461. The Morgan fingerprint density at radius 1 is 1.29 bits per heavy atom. The third kappa shape index (κ3) is 1.98. The lowest BCUT2D eigenvalue weighted by Crippen LogP contribution is -2.02. The lowest BCUT2D eigenvalue weighted by molar-refractivity contribution is 0.772. The number of anilines is 1. The van der Waals surface area contributed by atoms with Gasteiger partial charge in [-0.25, -0.2) is 0 Å². The molecule has 1 nitrogen and oxygen atoms in total. The summed E-state index contributed by atoms with van der Waals surface area (Å²) in [4.78, 5) is 0. The Hall–Kier alpha value is -1.24. The van der Waals surface area contributed by atoms with Crippen LogP contribution in [0.1, 0.15) is 44.2 Å². The van der Waals surface area contributed by atoms with Gasteiger partial charge in [0.2, 0.25) is 0 Å². The first-order chi connectivity index (χ1) is 6.79. The first kappa shape index (κ1) is 10.8. The Bertz CT molecular complexity index is 326. The lowest BCUT2D eigenvalue weighted by Gasteiger charge is -2.18. The van der Waals surface area contributed by atoms with Gasteiger partial charge in [-0.15, -0.1) is 0 Å². The van der Waals surface area contributed by atoms with Gasteiger partial charge in [0.25, 0.3) is 0 Å². The van der Waals surface area contributed by atoms with E-state index < -0.39 is 0 Å². The van der Waals surface area contributed by atoms with Crippen LogP contribution in [0.5, 0.6) is 0 Å². The molecule has 0 saturated heterocycles. The maximum absolute atomic E-state index is 5.85. The van der Waals surface area contributed by atoms with Gasteiger partial charge in [0, 0.05) is 11.3 Å². The van der Waals surface area contributed by atoms with E-state index in [9.17, 15) is 0 Å². The van der Waals surface area contributed by atoms with Gasteiger partial charge in [0.1, 0.15) is 0 Å². The highest BCUT2D eigenvalue weighted by atomic mass is 14.6. The molecule has 14 heavy (non-hydrogen) atoms. The van der Waals surface area contributed by atoms with E-state index in [0.29, 0.717) is 5.92 Å². The lowest BCUT2D eigenvalue weighted by atomic mass is 9.88. The number of nitrogens with two attached hydrogens (primary N) is 1. The quantitative estimate of drug-likeness (QED) is 0.617. The van der Waals surface area contributed by atoms with Gasteiger partial charge < -0.3 is 5.73 Å². The topological polar surface area (TPSA) is 26.0 Å². The summed E-state index contributed by atoms with van der Waals surface area (Å²) in [5.74, 6) is 0.619. The Morgan fingerprint density at radius 2 is 2.00 bits per heavy atom. The van der Waals surface area contributed by atoms with E-state index in [4.69, 9.17) is 5.73 Å². The minimum atomic E-state index is 0.619. The van der Waals surface area contributed by atoms with Crippen molar-refractivity contribution in [1.29, 1.82) is 0 Å². The fourth-order valence-electron chi connectivity index (χ4n) is 1.74. The van der Waals surface area contributed by atoms with Crippen LogP contribution < -0.4 is 5.73 Å². The largest absolute Gasteiger partial charge is 0.398 e. The molecule has 1 atom stereocenters. The predicted octanol–water partition coefficient (Wildman–Crippen LogP) is 3.82. The molecule has 1 aliphatic carbocycles. The summed E-state index contributed by atoms with van der Waals surface area (Å²) in [5, 5.41) is 0. The molecule has 0 aliphatic heterocycles. The monoisotopic (exact) mass is 189 g/mol. The zero-order valence-electron chi connectivity index (χ0n) is 9.25. The number of hydrogen-bond donors (Lipinski definition) is 1. The number of hydrogen-bond acceptors (Lipinski definition) is 1. The third-order valence-electron chi connectivity index (χ3n) is 2.48. The molecule has 1 aliphatic rings. The average molecular weight is 189 g/mol. The van der Waals surface area contributed by atoms with Crippen molar-refractivity contribution in [2.45, 2.75) is 33.1 Å². The Morgan fingerprint density at radius 3 is 2.64 bits per heavy atom. The van der Waals surface area contributed by atoms with Gasteiger partial charge >= 0.3 is 0 Å². The van der Waals surface area contributed by atoms with E-state index in [1.54, 1.807) is 0 Å². The van der Waals surface area contributed by atoms with Gasteiger partial charge in [0.15, 0.2) is 0 Å². The highest BCUT2D eigenvalue weighted by Crippen LogP contribution is 2.32. The van der Waals surface area contributed by atoms with Crippen LogP contribution in [-0.4, -0.2) is 0 Å². The van der Waals surface area contributed by atoms with Crippen molar-refractivity contribution in [3.05, 3.63) is 35.4 Å². The first-order valence-electron chi connectivity index (χ1n) is 5.34. The zero-order chi connectivity index (χ0) is 10.6. The zero-order valence-corrected chi connectivity index (χ0v) is 9.25. The van der Waals surface area contributed by atoms with Gasteiger partial charge in [-0.2, -0.15) is 0 Å². The van der Waals surface area contributed by atoms with E-state index in [2.05, 4.69) is 25.1 Å². The summed E-state index contributed by atoms with van der Waals surface area (Å²) in [6.45, 7) is 6.24. The third-order valence-corrected chi connectivity index (χ3v) is 2.48. The number of nitrogen functional groups attached to an aromatic ring is 1. The van der Waals surface area contributed by atoms with E-state index in [-0.39, 0.29) is 0 Å². The number of rotatable bonds is 0. The van der Waals surface area contributed by atoms with Crippen LogP contribution in [0.2, 0.25) is 0 Å². The highest BCUT2D eigenvalue weighted by Gasteiger charge is 2.12. The van der Waals surface area contributed by atoms with E-state index in [1.165, 1.54) is 11.1 Å². The predicted molar refractivity (Wildman–Crippen MR) is 64.3 cm³/mol. The molecule has 2 rings (SSSR count). The van der Waals surface area contributed by atoms with Crippen LogP contribution >= 0.6 is 0 Å².